The van der Waals surface area contributed by atoms with Crippen molar-refractivity contribution in [2.24, 2.45) is 5.73 Å². The number of likely N-dealkylation sites (N-methyl/N-ethyl adjacent to an activating group) is 2. The van der Waals surface area contributed by atoms with Crippen molar-refractivity contribution in [2.45, 2.75) is 37.9 Å². The number of hydrogen-bond donors (Lipinski definition) is 1. The van der Waals surface area contributed by atoms with E-state index in [1.54, 1.807) is 0 Å². The Morgan fingerprint density at radius 3 is 2.37 bits per heavy atom. The van der Waals surface area contributed by atoms with Gasteiger partial charge in [-0.1, -0.05) is 24.3 Å². The highest BCUT2D eigenvalue weighted by atomic mass is 15.2. The first kappa shape index (κ1) is 14.5. The molecule has 0 heterocycles. The van der Waals surface area contributed by atoms with Crippen LogP contribution >= 0.6 is 0 Å². The molecule has 0 aliphatic heterocycles. The standard InChI is InChI=1S/C16H27N3/c1-18(2)16(8-5-9-16)13-19(3)12-15-7-4-6-14(10-15)11-17/h4,6-7,10H,5,8-9,11-13,17H2,1-3H3. The van der Waals surface area contributed by atoms with Crippen LogP contribution < -0.4 is 5.73 Å². The van der Waals surface area contributed by atoms with Crippen molar-refractivity contribution < 1.29 is 0 Å². The lowest BCUT2D eigenvalue weighted by molar-refractivity contribution is 0.0259. The molecule has 2 N–H and O–H groups in total. The Morgan fingerprint density at radius 1 is 1.16 bits per heavy atom. The molecule has 3 heteroatoms. The molecule has 0 unspecified atom stereocenters. The first-order valence-electron chi connectivity index (χ1n) is 7.20. The highest BCUT2D eigenvalue weighted by molar-refractivity contribution is 5.23. The lowest BCUT2D eigenvalue weighted by atomic mass is 9.75. The van der Waals surface area contributed by atoms with Crippen molar-refractivity contribution in [1.29, 1.82) is 0 Å². The number of benzene rings is 1. The largest absolute Gasteiger partial charge is 0.326 e. The minimum Gasteiger partial charge on any atom is -0.326 e. The monoisotopic (exact) mass is 261 g/mol. The SMILES string of the molecule is CN(Cc1cccc(CN)c1)CC1(N(C)C)CCC1. The Balaban J connectivity index is 1.95. The summed E-state index contributed by atoms with van der Waals surface area (Å²) in [5.74, 6) is 0. The number of rotatable bonds is 6. The van der Waals surface area contributed by atoms with Gasteiger partial charge >= 0.3 is 0 Å². The summed E-state index contributed by atoms with van der Waals surface area (Å²) < 4.78 is 0. The smallest absolute Gasteiger partial charge is 0.0330 e. The van der Waals surface area contributed by atoms with Gasteiger partial charge in [-0.25, -0.2) is 0 Å². The summed E-state index contributed by atoms with van der Waals surface area (Å²) in [6, 6.07) is 8.62. The Bertz CT molecular complexity index is 410. The zero-order valence-corrected chi connectivity index (χ0v) is 12.5. The first-order chi connectivity index (χ1) is 9.05. The quantitative estimate of drug-likeness (QED) is 0.851. The van der Waals surface area contributed by atoms with Crippen molar-refractivity contribution in [3.05, 3.63) is 35.4 Å². The van der Waals surface area contributed by atoms with E-state index in [1.807, 2.05) is 0 Å². The van der Waals surface area contributed by atoms with Crippen LogP contribution in [0.25, 0.3) is 0 Å². The molecule has 0 atom stereocenters. The van der Waals surface area contributed by atoms with Crippen LogP contribution in [-0.4, -0.2) is 43.0 Å². The van der Waals surface area contributed by atoms with Gasteiger partial charge in [0, 0.05) is 25.2 Å². The van der Waals surface area contributed by atoms with Crippen LogP contribution in [0.1, 0.15) is 30.4 Å². The topological polar surface area (TPSA) is 32.5 Å². The molecular weight excluding hydrogens is 234 g/mol. The van der Waals surface area contributed by atoms with Gasteiger partial charge in [0.15, 0.2) is 0 Å². The summed E-state index contributed by atoms with van der Waals surface area (Å²) in [6.45, 7) is 2.77. The lowest BCUT2D eigenvalue weighted by Crippen LogP contribution is -2.56. The van der Waals surface area contributed by atoms with Crippen molar-refractivity contribution in [3.63, 3.8) is 0 Å². The first-order valence-corrected chi connectivity index (χ1v) is 7.20. The maximum absolute atomic E-state index is 5.70. The van der Waals surface area contributed by atoms with Crippen LogP contribution in [0.15, 0.2) is 24.3 Å². The molecule has 0 spiro atoms. The highest BCUT2D eigenvalue weighted by Crippen LogP contribution is 2.36. The van der Waals surface area contributed by atoms with E-state index >= 15 is 0 Å². The molecule has 2 rings (SSSR count). The predicted octanol–water partition coefficient (Wildman–Crippen LogP) is 2.06. The van der Waals surface area contributed by atoms with Crippen molar-refractivity contribution in [2.75, 3.05) is 27.7 Å². The Labute approximate surface area is 117 Å². The zero-order valence-electron chi connectivity index (χ0n) is 12.5. The fourth-order valence-corrected chi connectivity index (χ4v) is 3.06. The van der Waals surface area contributed by atoms with Crippen LogP contribution in [0.4, 0.5) is 0 Å². The molecule has 1 fully saturated rings. The third kappa shape index (κ3) is 3.35. The second kappa shape index (κ2) is 6.04. The fourth-order valence-electron chi connectivity index (χ4n) is 3.06. The van der Waals surface area contributed by atoms with E-state index in [0.717, 1.165) is 13.1 Å². The Hall–Kier alpha value is -0.900. The molecule has 0 amide bonds. The van der Waals surface area contributed by atoms with E-state index < -0.39 is 0 Å². The van der Waals surface area contributed by atoms with Crippen LogP contribution in [0, 0.1) is 0 Å². The van der Waals surface area contributed by atoms with Crippen molar-refractivity contribution in [1.82, 2.24) is 9.80 Å². The maximum atomic E-state index is 5.70. The molecule has 1 aromatic carbocycles. The highest BCUT2D eigenvalue weighted by Gasteiger charge is 2.39. The normalized spacial score (nSPS) is 17.8. The summed E-state index contributed by atoms with van der Waals surface area (Å²) in [5.41, 5.74) is 8.68. The van der Waals surface area contributed by atoms with Crippen molar-refractivity contribution >= 4 is 0 Å². The third-order valence-corrected chi connectivity index (χ3v) is 4.48. The van der Waals surface area contributed by atoms with Crippen LogP contribution in [0.2, 0.25) is 0 Å². The minimum absolute atomic E-state index is 0.403. The van der Waals surface area contributed by atoms with Gasteiger partial charge in [0.25, 0.3) is 0 Å². The van der Waals surface area contributed by atoms with Gasteiger partial charge < -0.3 is 15.5 Å². The molecule has 0 aromatic heterocycles. The second-order valence-electron chi connectivity index (χ2n) is 6.17. The van der Waals surface area contributed by atoms with E-state index in [-0.39, 0.29) is 0 Å². The molecule has 1 aliphatic carbocycles. The third-order valence-electron chi connectivity index (χ3n) is 4.48. The number of nitrogens with zero attached hydrogens (tertiary/aromatic N) is 2. The molecule has 1 aromatic rings. The Kier molecular flexibility index (Phi) is 4.61. The van der Waals surface area contributed by atoms with Gasteiger partial charge in [0.2, 0.25) is 0 Å². The average molecular weight is 261 g/mol. The number of hydrogen-bond acceptors (Lipinski definition) is 3. The van der Waals surface area contributed by atoms with E-state index in [2.05, 4.69) is 55.2 Å². The molecule has 106 valence electrons. The summed E-state index contributed by atoms with van der Waals surface area (Å²) in [4.78, 5) is 4.85. The maximum Gasteiger partial charge on any atom is 0.0330 e. The molecule has 1 saturated carbocycles. The van der Waals surface area contributed by atoms with E-state index in [4.69, 9.17) is 5.73 Å². The van der Waals surface area contributed by atoms with E-state index in [9.17, 15) is 0 Å². The lowest BCUT2D eigenvalue weighted by Gasteiger charge is -2.49. The van der Waals surface area contributed by atoms with Gasteiger partial charge in [-0.3, -0.25) is 0 Å². The molecule has 0 saturated heterocycles. The number of nitrogens with two attached hydrogens (primary N) is 1. The van der Waals surface area contributed by atoms with Gasteiger partial charge in [0.05, 0.1) is 0 Å². The van der Waals surface area contributed by atoms with Crippen LogP contribution in [0.3, 0.4) is 0 Å². The predicted molar refractivity (Wildman–Crippen MR) is 80.9 cm³/mol. The van der Waals surface area contributed by atoms with Crippen LogP contribution in [-0.2, 0) is 13.1 Å². The minimum atomic E-state index is 0.403. The summed E-state index contributed by atoms with van der Waals surface area (Å²) >= 11 is 0. The van der Waals surface area contributed by atoms with Crippen molar-refractivity contribution in [3.8, 4) is 0 Å². The summed E-state index contributed by atoms with van der Waals surface area (Å²) in [6.07, 6.45) is 4.02. The van der Waals surface area contributed by atoms with Gasteiger partial charge in [-0.15, -0.1) is 0 Å². The zero-order chi connectivity index (χ0) is 13.9. The summed E-state index contributed by atoms with van der Waals surface area (Å²) in [7, 11) is 6.64. The molecule has 3 nitrogen and oxygen atoms in total. The van der Waals surface area contributed by atoms with E-state index in [1.165, 1.54) is 30.4 Å². The van der Waals surface area contributed by atoms with Crippen LogP contribution in [0.5, 0.6) is 0 Å². The molecule has 1 aliphatic rings. The fraction of sp³-hybridized carbons (Fsp3) is 0.625. The molecule has 0 bridgehead atoms. The van der Waals surface area contributed by atoms with Gasteiger partial charge in [0.1, 0.15) is 0 Å². The molecule has 0 radical (unpaired) electrons. The van der Waals surface area contributed by atoms with E-state index in [0.29, 0.717) is 12.1 Å². The molecular formula is C16H27N3. The molecule has 19 heavy (non-hydrogen) atoms. The Morgan fingerprint density at radius 2 is 1.84 bits per heavy atom. The van der Waals surface area contributed by atoms with Gasteiger partial charge in [-0.05, 0) is 51.5 Å². The summed E-state index contributed by atoms with van der Waals surface area (Å²) in [5, 5.41) is 0. The average Bonchev–Trinajstić information content (AvgIpc) is 2.33. The van der Waals surface area contributed by atoms with Gasteiger partial charge in [-0.2, -0.15) is 0 Å². The second-order valence-corrected chi connectivity index (χ2v) is 6.17.